The highest BCUT2D eigenvalue weighted by Gasteiger charge is 2.37. The maximum Gasteiger partial charge on any atom is 0.421 e. The quantitative estimate of drug-likeness (QED) is 0.764. The molecule has 1 aromatic heterocycles. The van der Waals surface area contributed by atoms with E-state index in [0.717, 1.165) is 6.20 Å². The minimum Gasteiger partial charge on any atom is -0.458 e. The number of alkyl halides is 3. The van der Waals surface area contributed by atoms with E-state index in [1.165, 1.54) is 11.9 Å². The largest absolute Gasteiger partial charge is 0.458 e. The van der Waals surface area contributed by atoms with Gasteiger partial charge < -0.3 is 9.64 Å². The molecule has 8 heteroatoms. The molecule has 0 aliphatic heterocycles. The number of ether oxygens (including phenoxy) is 1. The minimum atomic E-state index is -4.61. The average molecular weight is 360 g/mol. The van der Waals surface area contributed by atoms with Crippen LogP contribution in [-0.4, -0.2) is 22.6 Å². The SMILES string of the molecule is CN(c1ccccc1Cl)c1nc(OC(C)(C)C)ncc1C(F)(F)F. The minimum absolute atomic E-state index is 0.135. The first-order valence-electron chi connectivity index (χ1n) is 7.10. The second kappa shape index (κ2) is 6.47. The highest BCUT2D eigenvalue weighted by atomic mass is 35.5. The number of para-hydroxylation sites is 1. The molecule has 0 amide bonds. The number of rotatable bonds is 3. The summed E-state index contributed by atoms with van der Waals surface area (Å²) in [5.74, 6) is -0.329. The summed E-state index contributed by atoms with van der Waals surface area (Å²) in [6.45, 7) is 5.27. The maximum atomic E-state index is 13.3. The van der Waals surface area contributed by atoms with Gasteiger partial charge in [0.25, 0.3) is 0 Å². The van der Waals surface area contributed by atoms with Crippen molar-refractivity contribution in [3.8, 4) is 6.01 Å². The van der Waals surface area contributed by atoms with Crippen molar-refractivity contribution in [3.63, 3.8) is 0 Å². The van der Waals surface area contributed by atoms with Gasteiger partial charge in [0.05, 0.1) is 10.7 Å². The topological polar surface area (TPSA) is 38.2 Å². The van der Waals surface area contributed by atoms with Gasteiger partial charge in [-0.05, 0) is 32.9 Å². The number of hydrogen-bond acceptors (Lipinski definition) is 4. The van der Waals surface area contributed by atoms with Gasteiger partial charge in [0.2, 0.25) is 0 Å². The highest BCUT2D eigenvalue weighted by molar-refractivity contribution is 6.33. The molecule has 0 saturated carbocycles. The second-order valence-electron chi connectivity index (χ2n) is 6.11. The van der Waals surface area contributed by atoms with Crippen LogP contribution in [0.2, 0.25) is 5.02 Å². The Bertz CT molecular complexity index is 729. The molecule has 0 saturated heterocycles. The van der Waals surface area contributed by atoms with Crippen molar-refractivity contribution in [2.75, 3.05) is 11.9 Å². The first kappa shape index (κ1) is 18.3. The molecular formula is C16H17ClF3N3O. The third-order valence-electron chi connectivity index (χ3n) is 2.98. The van der Waals surface area contributed by atoms with E-state index in [2.05, 4.69) is 9.97 Å². The van der Waals surface area contributed by atoms with Crippen LogP contribution in [0.3, 0.4) is 0 Å². The van der Waals surface area contributed by atoms with Gasteiger partial charge in [-0.15, -0.1) is 0 Å². The molecule has 0 aliphatic carbocycles. The van der Waals surface area contributed by atoms with Crippen LogP contribution in [0, 0.1) is 0 Å². The van der Waals surface area contributed by atoms with E-state index in [4.69, 9.17) is 16.3 Å². The zero-order chi connectivity index (χ0) is 18.1. The van der Waals surface area contributed by atoms with Gasteiger partial charge in [-0.2, -0.15) is 18.2 Å². The molecule has 0 radical (unpaired) electrons. The van der Waals surface area contributed by atoms with Crippen molar-refractivity contribution in [1.29, 1.82) is 0 Å². The average Bonchev–Trinajstić information content (AvgIpc) is 2.44. The number of aromatic nitrogens is 2. The molecule has 0 bridgehead atoms. The number of nitrogens with zero attached hydrogens (tertiary/aromatic N) is 3. The van der Waals surface area contributed by atoms with Gasteiger partial charge in [0.15, 0.2) is 5.82 Å². The molecule has 130 valence electrons. The van der Waals surface area contributed by atoms with Gasteiger partial charge in [0, 0.05) is 13.2 Å². The summed E-state index contributed by atoms with van der Waals surface area (Å²) in [6.07, 6.45) is -3.89. The first-order chi connectivity index (χ1) is 11.0. The molecule has 2 aromatic rings. The fourth-order valence-corrected chi connectivity index (χ4v) is 2.24. The molecule has 0 spiro atoms. The van der Waals surface area contributed by atoms with Gasteiger partial charge in [-0.1, -0.05) is 23.7 Å². The number of anilines is 2. The first-order valence-corrected chi connectivity index (χ1v) is 7.48. The van der Waals surface area contributed by atoms with Crippen molar-refractivity contribution >= 4 is 23.1 Å². The lowest BCUT2D eigenvalue weighted by molar-refractivity contribution is -0.137. The van der Waals surface area contributed by atoms with Crippen LogP contribution < -0.4 is 9.64 Å². The lowest BCUT2D eigenvalue weighted by Gasteiger charge is -2.25. The maximum absolute atomic E-state index is 13.3. The Balaban J connectivity index is 2.56. The van der Waals surface area contributed by atoms with Crippen LogP contribution >= 0.6 is 11.6 Å². The summed E-state index contributed by atoms with van der Waals surface area (Å²) in [7, 11) is 1.46. The third-order valence-corrected chi connectivity index (χ3v) is 3.30. The molecule has 1 aromatic carbocycles. The molecule has 0 aliphatic rings. The van der Waals surface area contributed by atoms with Gasteiger partial charge >= 0.3 is 12.2 Å². The van der Waals surface area contributed by atoms with Crippen LogP contribution in [0.25, 0.3) is 0 Å². The Morgan fingerprint density at radius 3 is 2.29 bits per heavy atom. The number of halogens is 4. The van der Waals surface area contributed by atoms with E-state index in [1.807, 2.05) is 0 Å². The summed E-state index contributed by atoms with van der Waals surface area (Å²) in [6, 6.07) is 6.44. The summed E-state index contributed by atoms with van der Waals surface area (Å²) >= 11 is 6.08. The van der Waals surface area contributed by atoms with Crippen molar-refractivity contribution in [3.05, 3.63) is 41.0 Å². The molecular weight excluding hydrogens is 343 g/mol. The van der Waals surface area contributed by atoms with E-state index < -0.39 is 17.3 Å². The van der Waals surface area contributed by atoms with E-state index in [1.54, 1.807) is 45.0 Å². The Labute approximate surface area is 143 Å². The van der Waals surface area contributed by atoms with Gasteiger partial charge in [-0.25, -0.2) is 4.98 Å². The Morgan fingerprint density at radius 2 is 1.75 bits per heavy atom. The molecule has 0 fully saturated rings. The summed E-state index contributed by atoms with van der Waals surface area (Å²) in [5, 5.41) is 0.310. The number of hydrogen-bond donors (Lipinski definition) is 0. The summed E-state index contributed by atoms with van der Waals surface area (Å²) < 4.78 is 45.4. The summed E-state index contributed by atoms with van der Waals surface area (Å²) in [5.41, 5.74) is -1.21. The summed E-state index contributed by atoms with van der Waals surface area (Å²) in [4.78, 5) is 8.90. The monoisotopic (exact) mass is 359 g/mol. The highest BCUT2D eigenvalue weighted by Crippen LogP contribution is 2.39. The van der Waals surface area contributed by atoms with Crippen LogP contribution in [0.5, 0.6) is 6.01 Å². The van der Waals surface area contributed by atoms with E-state index in [-0.39, 0.29) is 11.8 Å². The molecule has 4 nitrogen and oxygen atoms in total. The van der Waals surface area contributed by atoms with Crippen molar-refractivity contribution in [2.24, 2.45) is 0 Å². The van der Waals surface area contributed by atoms with E-state index in [9.17, 15) is 13.2 Å². The molecule has 24 heavy (non-hydrogen) atoms. The van der Waals surface area contributed by atoms with Gasteiger partial charge in [0.1, 0.15) is 11.2 Å². The number of benzene rings is 1. The van der Waals surface area contributed by atoms with Gasteiger partial charge in [-0.3, -0.25) is 0 Å². The van der Waals surface area contributed by atoms with Crippen LogP contribution in [-0.2, 0) is 6.18 Å². The van der Waals surface area contributed by atoms with Crippen LogP contribution in [0.1, 0.15) is 26.3 Å². The lowest BCUT2D eigenvalue weighted by Crippen LogP contribution is -2.26. The van der Waals surface area contributed by atoms with Crippen molar-refractivity contribution in [2.45, 2.75) is 32.5 Å². The standard InChI is InChI=1S/C16H17ClF3N3O/c1-15(2,3)24-14-21-9-10(16(18,19)20)13(22-14)23(4)12-8-6-5-7-11(12)17/h5-9H,1-4H3. The van der Waals surface area contributed by atoms with Crippen LogP contribution in [0.4, 0.5) is 24.7 Å². The molecule has 2 rings (SSSR count). The Kier molecular flexibility index (Phi) is 4.94. The molecule has 0 unspecified atom stereocenters. The normalized spacial score (nSPS) is 12.2. The third kappa shape index (κ3) is 4.29. The van der Waals surface area contributed by atoms with Crippen LogP contribution in [0.15, 0.2) is 30.5 Å². The zero-order valence-electron chi connectivity index (χ0n) is 13.6. The van der Waals surface area contributed by atoms with E-state index in [0.29, 0.717) is 10.7 Å². The smallest absolute Gasteiger partial charge is 0.421 e. The molecule has 0 atom stereocenters. The Hall–Kier alpha value is -2.02. The van der Waals surface area contributed by atoms with Crippen molar-refractivity contribution < 1.29 is 17.9 Å². The lowest BCUT2D eigenvalue weighted by atomic mass is 10.2. The van der Waals surface area contributed by atoms with E-state index >= 15 is 0 Å². The predicted octanol–water partition coefficient (Wildman–Crippen LogP) is 5.09. The Morgan fingerprint density at radius 1 is 1.12 bits per heavy atom. The van der Waals surface area contributed by atoms with Crippen molar-refractivity contribution in [1.82, 2.24) is 9.97 Å². The fraction of sp³-hybridized carbons (Fsp3) is 0.375. The molecule has 1 heterocycles. The molecule has 0 N–H and O–H groups in total. The zero-order valence-corrected chi connectivity index (χ0v) is 14.4. The second-order valence-corrected chi connectivity index (χ2v) is 6.52. The predicted molar refractivity (Wildman–Crippen MR) is 86.9 cm³/mol. The fourth-order valence-electron chi connectivity index (χ4n) is 1.97.